The van der Waals surface area contributed by atoms with Gasteiger partial charge in [-0.15, -0.1) is 0 Å². The Hall–Kier alpha value is 0. The Balaban J connectivity index is 3.51. The predicted molar refractivity (Wildman–Crippen MR) is 193 cm³/mol. The van der Waals surface area contributed by atoms with Gasteiger partial charge in [0.05, 0.1) is 0 Å². The zero-order chi connectivity index (χ0) is 33.6. The molecule has 0 aromatic carbocycles. The van der Waals surface area contributed by atoms with Gasteiger partial charge in [-0.2, -0.15) is 0 Å². The molecule has 0 aromatic heterocycles. The lowest BCUT2D eigenvalue weighted by Gasteiger charge is -2.60. The molecule has 0 aliphatic heterocycles. The van der Waals surface area contributed by atoms with E-state index in [1.807, 2.05) is 0 Å². The summed E-state index contributed by atoms with van der Waals surface area (Å²) < 4.78 is 0. The number of rotatable bonds is 14. The maximum atomic E-state index is 2.66. The molecule has 1 aliphatic rings. The zero-order valence-electron chi connectivity index (χ0n) is 33.6. The average Bonchev–Trinajstić information content (AvgIpc) is 2.76. The molecule has 0 heterocycles. The first-order chi connectivity index (χ1) is 18.4. The van der Waals surface area contributed by atoms with Crippen LogP contribution in [-0.2, 0) is 0 Å². The first-order valence-corrected chi connectivity index (χ1v) is 18.4. The molecular weight excluding hydrogens is 504 g/mol. The van der Waals surface area contributed by atoms with Gasteiger partial charge in [0, 0.05) is 0 Å². The van der Waals surface area contributed by atoms with Crippen molar-refractivity contribution in [1.82, 2.24) is 0 Å². The SMILES string of the molecule is CCCC(C)(C)C(C)(C)CC(C)(C)C(C)(C)C1CC(C(C)(C)C)CC(C(C)(C)C(C)(C)CC(C)(C)C(C)(C)CCC)C1. The summed E-state index contributed by atoms with van der Waals surface area (Å²) in [5, 5.41) is 0. The second-order valence-corrected chi connectivity index (χ2v) is 21.8. The Labute approximate surface area is 269 Å². The molecule has 252 valence electrons. The van der Waals surface area contributed by atoms with Crippen LogP contribution in [0.15, 0.2) is 0 Å². The molecule has 2 unspecified atom stereocenters. The summed E-state index contributed by atoms with van der Waals surface area (Å²) in [6.07, 6.45) is 11.9. The predicted octanol–water partition coefficient (Wildman–Crippen LogP) is 14.7. The first kappa shape index (κ1) is 40.0. The van der Waals surface area contributed by atoms with Crippen LogP contribution in [0.2, 0.25) is 0 Å². The highest BCUT2D eigenvalue weighted by molar-refractivity contribution is 5.04. The Kier molecular flexibility index (Phi) is 12.1. The maximum absolute atomic E-state index is 2.66. The largest absolute Gasteiger partial charge is 0.0654 e. The van der Waals surface area contributed by atoms with Crippen LogP contribution in [0.4, 0.5) is 0 Å². The van der Waals surface area contributed by atoms with Gasteiger partial charge >= 0.3 is 0 Å². The van der Waals surface area contributed by atoms with Crippen molar-refractivity contribution in [3.05, 3.63) is 0 Å². The van der Waals surface area contributed by atoms with Gasteiger partial charge in [0.25, 0.3) is 0 Å². The molecule has 1 aliphatic carbocycles. The summed E-state index contributed by atoms with van der Waals surface area (Å²) in [4.78, 5) is 0. The van der Waals surface area contributed by atoms with E-state index in [2.05, 4.69) is 145 Å². The molecule has 0 aromatic rings. The minimum absolute atomic E-state index is 0.266. The van der Waals surface area contributed by atoms with Crippen LogP contribution in [0.3, 0.4) is 0 Å². The molecule has 2 atom stereocenters. The minimum atomic E-state index is 0.266. The van der Waals surface area contributed by atoms with Crippen LogP contribution in [0, 0.1) is 66.5 Å². The molecule has 1 saturated carbocycles. The molecule has 1 fully saturated rings. The minimum Gasteiger partial charge on any atom is -0.0654 e. The molecule has 0 N–H and O–H groups in total. The number of hydrogen-bond donors (Lipinski definition) is 0. The van der Waals surface area contributed by atoms with Crippen molar-refractivity contribution in [3.63, 3.8) is 0 Å². The molecule has 0 saturated heterocycles. The van der Waals surface area contributed by atoms with Crippen molar-refractivity contribution in [1.29, 1.82) is 0 Å². The van der Waals surface area contributed by atoms with E-state index in [1.54, 1.807) is 0 Å². The lowest BCUT2D eigenvalue weighted by atomic mass is 9.45. The Morgan fingerprint density at radius 1 is 0.357 bits per heavy atom. The van der Waals surface area contributed by atoms with Gasteiger partial charge in [-0.3, -0.25) is 0 Å². The van der Waals surface area contributed by atoms with E-state index in [9.17, 15) is 0 Å². The topological polar surface area (TPSA) is 0 Å². The fraction of sp³-hybridized carbons (Fsp3) is 1.00. The van der Waals surface area contributed by atoms with Gasteiger partial charge in [-0.25, -0.2) is 0 Å². The molecule has 0 nitrogen and oxygen atoms in total. The van der Waals surface area contributed by atoms with Gasteiger partial charge < -0.3 is 0 Å². The standard InChI is InChI=1S/C42H84/c1-22-24-35(6,7)37(10,11)29-39(14,15)41(18,19)32-26-31(34(3,4)5)27-33(28-32)42(20,21)40(16,17)30-38(12,13)36(8,9)25-23-2/h31-33H,22-30H2,1-21H3. The van der Waals surface area contributed by atoms with Crippen LogP contribution >= 0.6 is 0 Å². The third-order valence-corrected chi connectivity index (χ3v) is 15.6. The van der Waals surface area contributed by atoms with Gasteiger partial charge in [0.2, 0.25) is 0 Å². The summed E-state index contributed by atoms with van der Waals surface area (Å²) in [6.45, 7) is 53.8. The van der Waals surface area contributed by atoms with Crippen molar-refractivity contribution in [2.75, 3.05) is 0 Å². The fourth-order valence-electron chi connectivity index (χ4n) is 9.38. The van der Waals surface area contributed by atoms with Crippen LogP contribution < -0.4 is 0 Å². The van der Waals surface area contributed by atoms with Gasteiger partial charge in [-0.1, -0.05) is 158 Å². The lowest BCUT2D eigenvalue weighted by Crippen LogP contribution is -2.51. The highest BCUT2D eigenvalue weighted by Gasteiger charge is 2.55. The summed E-state index contributed by atoms with van der Waals surface area (Å²) in [6, 6.07) is 0. The molecular formula is C42H84. The molecule has 0 radical (unpaired) electrons. The van der Waals surface area contributed by atoms with E-state index in [-0.39, 0.29) is 21.7 Å². The second-order valence-electron chi connectivity index (χ2n) is 21.8. The fourth-order valence-corrected chi connectivity index (χ4v) is 9.38. The third kappa shape index (κ3) is 8.23. The van der Waals surface area contributed by atoms with E-state index in [0.29, 0.717) is 27.1 Å². The van der Waals surface area contributed by atoms with E-state index in [1.165, 1.54) is 57.8 Å². The third-order valence-electron chi connectivity index (χ3n) is 15.6. The van der Waals surface area contributed by atoms with E-state index in [4.69, 9.17) is 0 Å². The summed E-state index contributed by atoms with van der Waals surface area (Å²) in [5.41, 5.74) is 2.74. The van der Waals surface area contributed by atoms with Crippen LogP contribution in [0.25, 0.3) is 0 Å². The highest BCUT2D eigenvalue weighted by atomic mass is 14.6. The molecule has 0 amide bonds. The molecule has 1 rings (SSSR count). The quantitative estimate of drug-likeness (QED) is 0.189. The van der Waals surface area contributed by atoms with Gasteiger partial charge in [0.1, 0.15) is 0 Å². The van der Waals surface area contributed by atoms with Crippen LogP contribution in [-0.4, -0.2) is 0 Å². The van der Waals surface area contributed by atoms with Crippen molar-refractivity contribution in [2.24, 2.45) is 66.5 Å². The van der Waals surface area contributed by atoms with Gasteiger partial charge in [0.15, 0.2) is 0 Å². The second kappa shape index (κ2) is 12.7. The van der Waals surface area contributed by atoms with E-state index in [0.717, 1.165) is 17.8 Å². The smallest absolute Gasteiger partial charge is 0.0274 e. The van der Waals surface area contributed by atoms with Gasteiger partial charge in [-0.05, 0) is 111 Å². The molecule has 0 heteroatoms. The summed E-state index contributed by atoms with van der Waals surface area (Å²) >= 11 is 0. The maximum Gasteiger partial charge on any atom is -0.0274 e. The van der Waals surface area contributed by atoms with Crippen LogP contribution in [0.1, 0.15) is 203 Å². The van der Waals surface area contributed by atoms with Crippen LogP contribution in [0.5, 0.6) is 0 Å². The van der Waals surface area contributed by atoms with E-state index >= 15 is 0 Å². The normalized spacial score (nSPS) is 22.9. The van der Waals surface area contributed by atoms with Crippen molar-refractivity contribution in [3.8, 4) is 0 Å². The Morgan fingerprint density at radius 2 is 0.619 bits per heavy atom. The summed E-state index contributed by atoms with van der Waals surface area (Å²) in [7, 11) is 0. The van der Waals surface area contributed by atoms with Crippen molar-refractivity contribution >= 4 is 0 Å². The molecule has 42 heavy (non-hydrogen) atoms. The molecule has 0 spiro atoms. The van der Waals surface area contributed by atoms with E-state index < -0.39 is 0 Å². The number of hydrogen-bond acceptors (Lipinski definition) is 0. The average molecular weight is 589 g/mol. The Morgan fingerprint density at radius 3 is 0.857 bits per heavy atom. The van der Waals surface area contributed by atoms with Crippen molar-refractivity contribution in [2.45, 2.75) is 203 Å². The summed E-state index contributed by atoms with van der Waals surface area (Å²) in [5.74, 6) is 2.28. The Bertz CT molecular complexity index is 783. The molecule has 0 bridgehead atoms. The first-order valence-electron chi connectivity index (χ1n) is 18.4. The zero-order valence-corrected chi connectivity index (χ0v) is 33.6. The van der Waals surface area contributed by atoms with Crippen molar-refractivity contribution < 1.29 is 0 Å². The monoisotopic (exact) mass is 589 g/mol. The highest BCUT2D eigenvalue weighted by Crippen LogP contribution is 2.64. The lowest BCUT2D eigenvalue weighted by molar-refractivity contribution is -0.103.